The van der Waals surface area contributed by atoms with Crippen molar-refractivity contribution in [3.05, 3.63) is 194 Å². The summed E-state index contributed by atoms with van der Waals surface area (Å²) in [6, 6.07) is 42.9. The van der Waals surface area contributed by atoms with Gasteiger partial charge in [0.25, 0.3) is 0 Å². The van der Waals surface area contributed by atoms with Crippen LogP contribution >= 0.6 is 0 Å². The van der Waals surface area contributed by atoms with E-state index in [1.54, 1.807) is 0 Å². The maximum absolute atomic E-state index is 4.64. The predicted octanol–water partition coefficient (Wildman–Crippen LogP) is 12.6. The molecule has 0 amide bonds. The molecule has 4 aliphatic carbocycles. The minimum atomic E-state index is -0.352. The molecule has 3 unspecified atom stereocenters. The minimum Gasteiger partial charge on any atom is -0.323 e. The number of benzene rings is 5. The lowest BCUT2D eigenvalue weighted by molar-refractivity contribution is -0.0191. The molecule has 6 aliphatic rings. The molecule has 1 aromatic heterocycles. The lowest BCUT2D eigenvalue weighted by Gasteiger charge is -2.62. The van der Waals surface area contributed by atoms with Crippen LogP contribution in [0.15, 0.2) is 183 Å². The SMILES string of the molecule is C=C1/C=C\C=C/N([C@@]23C=C(c4cccc(-c5ccccc5)c4)[C@@]45CC=CC(C4C)C52N3)c2ccc(-c3ccc4c(c3)c3ccccc3n4C3=CC=CCC3)cc21. The Labute approximate surface area is 328 Å². The highest BCUT2D eigenvalue weighted by atomic mass is 15.5. The third kappa shape index (κ3) is 4.01. The van der Waals surface area contributed by atoms with Gasteiger partial charge in [-0.15, -0.1) is 0 Å². The highest BCUT2D eigenvalue weighted by Gasteiger charge is 2.91. The molecule has 2 bridgehead atoms. The van der Waals surface area contributed by atoms with E-state index in [0.717, 1.165) is 30.4 Å². The Morgan fingerprint density at radius 1 is 0.714 bits per heavy atom. The van der Waals surface area contributed by atoms with Crippen LogP contribution in [0, 0.1) is 17.3 Å². The van der Waals surface area contributed by atoms with Gasteiger partial charge in [0.05, 0.1) is 22.3 Å². The molecular weight excluding hydrogens is 679 g/mol. The topological polar surface area (TPSA) is 30.1 Å². The first-order valence-corrected chi connectivity index (χ1v) is 20.3. The zero-order chi connectivity index (χ0) is 37.2. The highest BCUT2D eigenvalue weighted by Crippen LogP contribution is 2.82. The van der Waals surface area contributed by atoms with Crippen LogP contribution in [0.25, 0.3) is 60.9 Å². The zero-order valence-corrected chi connectivity index (χ0v) is 31.6. The van der Waals surface area contributed by atoms with Crippen LogP contribution in [0.1, 0.15) is 37.3 Å². The fraction of sp³-hybridized carbons (Fsp3) is 0.170. The number of allylic oxidation sites excluding steroid dienone is 9. The molecule has 6 aromatic rings. The van der Waals surface area contributed by atoms with Gasteiger partial charge in [0.15, 0.2) is 0 Å². The smallest absolute Gasteiger partial charge is 0.135 e. The summed E-state index contributed by atoms with van der Waals surface area (Å²) in [6.45, 7) is 7.12. The van der Waals surface area contributed by atoms with Crippen LogP contribution in [0.3, 0.4) is 0 Å². The van der Waals surface area contributed by atoms with Gasteiger partial charge in [0.2, 0.25) is 0 Å². The van der Waals surface area contributed by atoms with Crippen LogP contribution < -0.4 is 10.2 Å². The van der Waals surface area contributed by atoms with E-state index >= 15 is 0 Å². The number of aromatic nitrogens is 1. The zero-order valence-electron chi connectivity index (χ0n) is 31.6. The van der Waals surface area contributed by atoms with Gasteiger partial charge < -0.3 is 9.47 Å². The fourth-order valence-corrected chi connectivity index (χ4v) is 11.8. The molecule has 3 heteroatoms. The summed E-state index contributed by atoms with van der Waals surface area (Å²) in [4.78, 5) is 2.55. The van der Waals surface area contributed by atoms with Crippen LogP contribution in [0.4, 0.5) is 5.69 Å². The van der Waals surface area contributed by atoms with Crippen LogP contribution in [-0.2, 0) is 0 Å². The molecule has 2 fully saturated rings. The van der Waals surface area contributed by atoms with Crippen molar-refractivity contribution in [1.29, 1.82) is 0 Å². The van der Waals surface area contributed by atoms with Crippen molar-refractivity contribution in [2.75, 3.05) is 4.90 Å². The van der Waals surface area contributed by atoms with E-state index in [9.17, 15) is 0 Å². The molecule has 1 saturated heterocycles. The summed E-state index contributed by atoms with van der Waals surface area (Å²) in [5.74, 6) is 0.995. The third-order valence-corrected chi connectivity index (χ3v) is 14.3. The molecule has 5 aromatic carbocycles. The largest absolute Gasteiger partial charge is 0.323 e. The number of rotatable bonds is 5. The van der Waals surface area contributed by atoms with E-state index in [1.807, 2.05) is 0 Å². The Balaban J connectivity index is 0.990. The molecule has 1 N–H and O–H groups in total. The van der Waals surface area contributed by atoms with Gasteiger partial charge in [0.1, 0.15) is 5.66 Å². The lowest BCUT2D eigenvalue weighted by atomic mass is 9.40. The van der Waals surface area contributed by atoms with Crippen molar-refractivity contribution >= 4 is 44.3 Å². The van der Waals surface area contributed by atoms with Crippen LogP contribution in [-0.4, -0.2) is 15.8 Å². The normalized spacial score (nSPS) is 29.1. The lowest BCUT2D eigenvalue weighted by Crippen LogP contribution is -2.66. The van der Waals surface area contributed by atoms with E-state index in [2.05, 4.69) is 204 Å². The second-order valence-electron chi connectivity index (χ2n) is 16.7. The maximum Gasteiger partial charge on any atom is 0.135 e. The number of fused-ring (bicyclic) bond motifs is 5. The molecule has 5 atom stereocenters. The Bertz CT molecular complexity index is 2880. The second kappa shape index (κ2) is 11.4. The van der Waals surface area contributed by atoms with Crippen LogP contribution in [0.5, 0.6) is 0 Å². The van der Waals surface area contributed by atoms with Gasteiger partial charge in [0, 0.05) is 39.6 Å². The van der Waals surface area contributed by atoms with Crippen molar-refractivity contribution in [1.82, 2.24) is 9.88 Å². The molecular formula is C53H43N3. The van der Waals surface area contributed by atoms with Gasteiger partial charge in [-0.3, -0.25) is 5.32 Å². The molecule has 1 saturated carbocycles. The number of hydrogen-bond acceptors (Lipinski definition) is 2. The molecule has 270 valence electrons. The molecule has 56 heavy (non-hydrogen) atoms. The average Bonchev–Trinajstić information content (AvgIpc) is 3.73. The number of hydrogen-bond donors (Lipinski definition) is 1. The predicted molar refractivity (Wildman–Crippen MR) is 235 cm³/mol. The van der Waals surface area contributed by atoms with E-state index in [-0.39, 0.29) is 16.6 Å². The van der Waals surface area contributed by atoms with Crippen LogP contribution in [0.2, 0.25) is 0 Å². The minimum absolute atomic E-state index is 0.0173. The third-order valence-electron chi connectivity index (χ3n) is 14.3. The quantitative estimate of drug-likeness (QED) is 0.142. The van der Waals surface area contributed by atoms with Crippen molar-refractivity contribution < 1.29 is 0 Å². The molecule has 2 spiro atoms. The van der Waals surface area contributed by atoms with Gasteiger partial charge in [-0.2, -0.15) is 0 Å². The van der Waals surface area contributed by atoms with Crippen molar-refractivity contribution in [3.8, 4) is 22.3 Å². The van der Waals surface area contributed by atoms with E-state index in [4.69, 9.17) is 0 Å². The maximum atomic E-state index is 4.64. The summed E-state index contributed by atoms with van der Waals surface area (Å²) in [6.07, 6.45) is 26.3. The van der Waals surface area contributed by atoms with Gasteiger partial charge in [-0.05, 0) is 119 Å². The molecule has 12 rings (SSSR count). The Hall–Kier alpha value is -6.16. The number of para-hydroxylation sites is 1. The van der Waals surface area contributed by atoms with E-state index in [1.165, 1.54) is 66.6 Å². The van der Waals surface area contributed by atoms with E-state index < -0.39 is 0 Å². The van der Waals surface area contributed by atoms with Crippen molar-refractivity contribution in [3.63, 3.8) is 0 Å². The van der Waals surface area contributed by atoms with E-state index in [0.29, 0.717) is 11.8 Å². The first-order chi connectivity index (χ1) is 27.5. The van der Waals surface area contributed by atoms with Gasteiger partial charge >= 0.3 is 0 Å². The number of nitrogens with zero attached hydrogens (tertiary/aromatic N) is 2. The highest BCUT2D eigenvalue weighted by molar-refractivity contribution is 6.11. The van der Waals surface area contributed by atoms with Crippen molar-refractivity contribution in [2.24, 2.45) is 17.3 Å². The molecule has 0 radical (unpaired) electrons. The summed E-state index contributed by atoms with van der Waals surface area (Å²) in [5, 5.41) is 6.81. The summed E-state index contributed by atoms with van der Waals surface area (Å²) < 4.78 is 2.47. The number of nitrogens with one attached hydrogen (secondary N) is 1. The summed E-state index contributed by atoms with van der Waals surface area (Å²) in [7, 11) is 0. The molecule has 2 aliphatic heterocycles. The number of anilines is 1. The second-order valence-corrected chi connectivity index (χ2v) is 16.7. The Morgan fingerprint density at radius 2 is 1.50 bits per heavy atom. The summed E-state index contributed by atoms with van der Waals surface area (Å²) >= 11 is 0. The first-order valence-electron chi connectivity index (χ1n) is 20.3. The van der Waals surface area contributed by atoms with Gasteiger partial charge in [-0.25, -0.2) is 0 Å². The molecule has 3 nitrogen and oxygen atoms in total. The van der Waals surface area contributed by atoms with Crippen molar-refractivity contribution in [2.45, 2.75) is 37.4 Å². The Morgan fingerprint density at radius 3 is 2.38 bits per heavy atom. The fourth-order valence-electron chi connectivity index (χ4n) is 11.8. The summed E-state index contributed by atoms with van der Waals surface area (Å²) in [5.41, 5.74) is 14.6. The first kappa shape index (κ1) is 32.1. The monoisotopic (exact) mass is 721 g/mol. The standard InChI is InChI=1S/C53H43N3/c1-35-15-11-12-30-55(52-34-47(51-29-14-23-46(36(51)2)53(51,52)54-52)41-19-13-18-38(31-41)37-16-5-3-6-17-37)48-27-25-39(32-44(35)48)40-26-28-50-45(33-40)43-22-9-10-24-49(43)56(50)42-20-7-4-8-21-42/h3-7,9-20,22-28,30-34,36,46,54H,1,8,21,29H2,2H3/b15-11-,30-12-/t36?,46?,51-,52+,53?/m1/s1. The average molecular weight is 722 g/mol. The molecule has 3 heterocycles. The van der Waals surface area contributed by atoms with Gasteiger partial charge in [-0.1, -0.05) is 129 Å². The Kier molecular flexibility index (Phi) is 6.56.